The zero-order chi connectivity index (χ0) is 14.5. The third-order valence-electron chi connectivity index (χ3n) is 2.99. The minimum atomic E-state index is -0.948. The monoisotopic (exact) mass is 276 g/mol. The topological polar surface area (TPSA) is 38.7 Å². The molecule has 0 saturated heterocycles. The molecular formula is C16H17FO3. The van der Waals surface area contributed by atoms with Gasteiger partial charge in [-0.25, -0.2) is 4.39 Å². The first-order chi connectivity index (χ1) is 9.65. The van der Waals surface area contributed by atoms with Crippen molar-refractivity contribution in [3.05, 3.63) is 59.4 Å². The van der Waals surface area contributed by atoms with E-state index in [4.69, 9.17) is 9.47 Å². The third kappa shape index (κ3) is 3.08. The Morgan fingerprint density at radius 1 is 1.15 bits per heavy atom. The highest BCUT2D eigenvalue weighted by Gasteiger charge is 2.16. The highest BCUT2D eigenvalue weighted by molar-refractivity contribution is 5.41. The summed E-state index contributed by atoms with van der Waals surface area (Å²) >= 11 is 0. The average molecular weight is 276 g/mol. The summed E-state index contributed by atoms with van der Waals surface area (Å²) < 4.78 is 23.8. The van der Waals surface area contributed by atoms with E-state index < -0.39 is 11.9 Å². The van der Waals surface area contributed by atoms with Crippen molar-refractivity contribution in [2.75, 3.05) is 13.7 Å². The molecule has 3 nitrogen and oxygen atoms in total. The molecule has 2 rings (SSSR count). The highest BCUT2D eigenvalue weighted by atomic mass is 19.1. The molecule has 2 aromatic rings. The number of benzene rings is 2. The average Bonchev–Trinajstić information content (AvgIpc) is 2.47. The van der Waals surface area contributed by atoms with Gasteiger partial charge in [0.05, 0.1) is 13.7 Å². The number of aliphatic hydroxyl groups is 1. The van der Waals surface area contributed by atoms with Gasteiger partial charge in [-0.2, -0.15) is 0 Å². The van der Waals surface area contributed by atoms with Gasteiger partial charge in [-0.3, -0.25) is 0 Å². The maximum atomic E-state index is 13.3. The molecule has 1 unspecified atom stereocenters. The molecular weight excluding hydrogens is 259 g/mol. The molecule has 0 amide bonds. The van der Waals surface area contributed by atoms with Gasteiger partial charge in [0.1, 0.15) is 23.4 Å². The number of rotatable bonds is 5. The summed E-state index contributed by atoms with van der Waals surface area (Å²) in [5.74, 6) is 0.772. The Morgan fingerprint density at radius 3 is 2.45 bits per heavy atom. The lowest BCUT2D eigenvalue weighted by Gasteiger charge is -2.15. The molecule has 0 aliphatic heterocycles. The van der Waals surface area contributed by atoms with Crippen LogP contribution >= 0.6 is 0 Å². The summed E-state index contributed by atoms with van der Waals surface area (Å²) in [5.41, 5.74) is 1.05. The summed E-state index contributed by atoms with van der Waals surface area (Å²) in [4.78, 5) is 0. The quantitative estimate of drug-likeness (QED) is 0.910. The normalized spacial score (nSPS) is 12.0. The Kier molecular flexibility index (Phi) is 4.58. The molecule has 4 heteroatoms. The van der Waals surface area contributed by atoms with Gasteiger partial charge in [-0.05, 0) is 42.8 Å². The maximum Gasteiger partial charge on any atom is 0.125 e. The lowest BCUT2D eigenvalue weighted by atomic mass is 10.0. The Hall–Kier alpha value is -2.07. The fourth-order valence-corrected chi connectivity index (χ4v) is 2.01. The van der Waals surface area contributed by atoms with E-state index in [1.54, 1.807) is 24.3 Å². The molecule has 0 aromatic heterocycles. The van der Waals surface area contributed by atoms with Crippen LogP contribution in [0.3, 0.4) is 0 Å². The highest BCUT2D eigenvalue weighted by Crippen LogP contribution is 2.31. The molecule has 0 bridgehead atoms. The lowest BCUT2D eigenvalue weighted by Crippen LogP contribution is -2.03. The van der Waals surface area contributed by atoms with Crippen molar-refractivity contribution >= 4 is 0 Å². The van der Waals surface area contributed by atoms with Gasteiger partial charge in [-0.1, -0.05) is 12.1 Å². The van der Waals surface area contributed by atoms with Crippen LogP contribution in [0.4, 0.5) is 4.39 Å². The molecule has 0 aliphatic carbocycles. The minimum Gasteiger partial charge on any atom is -0.496 e. The maximum absolute atomic E-state index is 13.3. The van der Waals surface area contributed by atoms with Crippen molar-refractivity contribution in [3.63, 3.8) is 0 Å². The van der Waals surface area contributed by atoms with Gasteiger partial charge < -0.3 is 14.6 Å². The fraction of sp³-hybridized carbons (Fsp3) is 0.250. The van der Waals surface area contributed by atoms with Crippen LogP contribution < -0.4 is 9.47 Å². The van der Waals surface area contributed by atoms with Crippen LogP contribution in [0.1, 0.15) is 24.2 Å². The number of halogens is 1. The largest absolute Gasteiger partial charge is 0.496 e. The second-order valence-corrected chi connectivity index (χ2v) is 4.29. The Morgan fingerprint density at radius 2 is 1.85 bits per heavy atom. The molecule has 2 aromatic carbocycles. The zero-order valence-corrected chi connectivity index (χ0v) is 11.5. The predicted octanol–water partition coefficient (Wildman–Crippen LogP) is 3.31. The van der Waals surface area contributed by atoms with Crippen LogP contribution in [0.2, 0.25) is 0 Å². The number of methoxy groups -OCH3 is 1. The van der Waals surface area contributed by atoms with Gasteiger partial charge in [-0.15, -0.1) is 0 Å². The van der Waals surface area contributed by atoms with E-state index in [2.05, 4.69) is 0 Å². The van der Waals surface area contributed by atoms with E-state index in [0.717, 1.165) is 5.75 Å². The predicted molar refractivity (Wildman–Crippen MR) is 74.6 cm³/mol. The molecule has 20 heavy (non-hydrogen) atoms. The van der Waals surface area contributed by atoms with Crippen molar-refractivity contribution < 1.29 is 19.0 Å². The van der Waals surface area contributed by atoms with Gasteiger partial charge in [0.15, 0.2) is 0 Å². The second kappa shape index (κ2) is 6.39. The summed E-state index contributed by atoms with van der Waals surface area (Å²) in [6.45, 7) is 2.49. The van der Waals surface area contributed by atoms with Crippen molar-refractivity contribution in [2.45, 2.75) is 13.0 Å². The van der Waals surface area contributed by atoms with E-state index in [9.17, 15) is 9.50 Å². The Bertz CT molecular complexity index is 566. The first kappa shape index (κ1) is 14.3. The van der Waals surface area contributed by atoms with Crippen molar-refractivity contribution in [1.82, 2.24) is 0 Å². The minimum absolute atomic E-state index is 0.400. The first-order valence-electron chi connectivity index (χ1n) is 6.40. The molecule has 0 aliphatic rings. The van der Waals surface area contributed by atoms with E-state index in [0.29, 0.717) is 23.5 Å². The smallest absolute Gasteiger partial charge is 0.125 e. The van der Waals surface area contributed by atoms with Crippen molar-refractivity contribution in [2.24, 2.45) is 0 Å². The third-order valence-corrected chi connectivity index (χ3v) is 2.99. The van der Waals surface area contributed by atoms with E-state index in [-0.39, 0.29) is 0 Å². The van der Waals surface area contributed by atoms with Gasteiger partial charge in [0.2, 0.25) is 0 Å². The first-order valence-corrected chi connectivity index (χ1v) is 6.40. The lowest BCUT2D eigenvalue weighted by molar-refractivity contribution is 0.214. The number of aliphatic hydroxyl groups excluding tert-OH is 1. The molecule has 0 saturated carbocycles. The van der Waals surface area contributed by atoms with Crippen LogP contribution in [-0.2, 0) is 0 Å². The van der Waals surface area contributed by atoms with Gasteiger partial charge in [0.25, 0.3) is 0 Å². The number of hydrogen-bond donors (Lipinski definition) is 1. The van der Waals surface area contributed by atoms with Crippen LogP contribution in [0.25, 0.3) is 0 Å². The van der Waals surface area contributed by atoms with Crippen LogP contribution in [0.15, 0.2) is 42.5 Å². The summed E-state index contributed by atoms with van der Waals surface area (Å²) in [6.07, 6.45) is -0.948. The van der Waals surface area contributed by atoms with Crippen LogP contribution in [-0.4, -0.2) is 18.8 Å². The molecule has 0 heterocycles. The summed E-state index contributed by atoms with van der Waals surface area (Å²) in [7, 11) is 1.49. The molecule has 106 valence electrons. The van der Waals surface area contributed by atoms with Crippen molar-refractivity contribution in [1.29, 1.82) is 0 Å². The molecule has 1 atom stereocenters. The Labute approximate surface area is 117 Å². The number of ether oxygens (including phenoxy) is 2. The van der Waals surface area contributed by atoms with Crippen LogP contribution in [0, 0.1) is 5.82 Å². The number of hydrogen-bond acceptors (Lipinski definition) is 3. The van der Waals surface area contributed by atoms with Crippen molar-refractivity contribution in [3.8, 4) is 11.5 Å². The van der Waals surface area contributed by atoms with E-state index >= 15 is 0 Å². The van der Waals surface area contributed by atoms with E-state index in [1.165, 1.54) is 25.3 Å². The van der Waals surface area contributed by atoms with Gasteiger partial charge in [0, 0.05) is 5.56 Å². The SMILES string of the molecule is CCOc1ccc(C(O)c2cc(F)ccc2OC)cc1. The second-order valence-electron chi connectivity index (χ2n) is 4.29. The molecule has 0 fully saturated rings. The summed E-state index contributed by atoms with van der Waals surface area (Å²) in [6, 6.07) is 11.1. The molecule has 0 radical (unpaired) electrons. The van der Waals surface area contributed by atoms with E-state index in [1.807, 2.05) is 6.92 Å². The Balaban J connectivity index is 2.30. The standard InChI is InChI=1S/C16H17FO3/c1-3-20-13-7-4-11(5-8-13)16(18)14-10-12(17)6-9-15(14)19-2/h4-10,16,18H,3H2,1-2H3. The molecule has 0 spiro atoms. The zero-order valence-electron chi connectivity index (χ0n) is 11.5. The summed E-state index contributed by atoms with van der Waals surface area (Å²) in [5, 5.41) is 10.4. The molecule has 1 N–H and O–H groups in total. The van der Waals surface area contributed by atoms with Crippen LogP contribution in [0.5, 0.6) is 11.5 Å². The van der Waals surface area contributed by atoms with Gasteiger partial charge >= 0.3 is 0 Å². The fourth-order valence-electron chi connectivity index (χ4n) is 2.01.